The van der Waals surface area contributed by atoms with Crippen LogP contribution in [0.1, 0.15) is 23.7 Å². The van der Waals surface area contributed by atoms with Crippen LogP contribution in [-0.2, 0) is 12.2 Å². The summed E-state index contributed by atoms with van der Waals surface area (Å²) in [6.45, 7) is 1.97. The van der Waals surface area contributed by atoms with Crippen LogP contribution in [0.5, 0.6) is 0 Å². The molecule has 1 saturated heterocycles. The van der Waals surface area contributed by atoms with Crippen molar-refractivity contribution in [3.63, 3.8) is 0 Å². The van der Waals surface area contributed by atoms with Crippen LogP contribution in [0, 0.1) is 0 Å². The minimum Gasteiger partial charge on any atom is -0.353 e. The van der Waals surface area contributed by atoms with Gasteiger partial charge in [-0.05, 0) is 39.7 Å². The Labute approximate surface area is 136 Å². The Hall–Kier alpha value is -1.08. The molecule has 0 N–H and O–H groups in total. The van der Waals surface area contributed by atoms with E-state index < -0.39 is 0 Å². The van der Waals surface area contributed by atoms with Crippen molar-refractivity contribution in [2.24, 2.45) is 0 Å². The number of anilines is 1. The molecule has 0 spiro atoms. The van der Waals surface area contributed by atoms with Gasteiger partial charge >= 0.3 is 0 Å². The number of aromatic nitrogens is 4. The van der Waals surface area contributed by atoms with Gasteiger partial charge in [-0.15, -0.1) is 5.10 Å². The van der Waals surface area contributed by atoms with E-state index in [1.165, 1.54) is 17.0 Å². The van der Waals surface area contributed by atoms with Crippen LogP contribution >= 0.6 is 27.7 Å². The van der Waals surface area contributed by atoms with E-state index in [0.717, 1.165) is 42.0 Å². The molecule has 0 aromatic carbocycles. The van der Waals surface area contributed by atoms with E-state index in [0.29, 0.717) is 6.04 Å². The van der Waals surface area contributed by atoms with Gasteiger partial charge in [0.25, 0.3) is 0 Å². The highest BCUT2D eigenvalue weighted by Gasteiger charge is 2.26. The second-order valence-electron chi connectivity index (χ2n) is 5.50. The van der Waals surface area contributed by atoms with E-state index in [4.69, 9.17) is 0 Å². The first kappa shape index (κ1) is 13.6. The largest absolute Gasteiger partial charge is 0.353 e. The first-order valence-electron chi connectivity index (χ1n) is 7.17. The van der Waals surface area contributed by atoms with E-state index >= 15 is 0 Å². The van der Waals surface area contributed by atoms with Gasteiger partial charge in [-0.3, -0.25) is 4.68 Å². The predicted octanol–water partition coefficient (Wildman–Crippen LogP) is 2.68. The standard InChI is InChI=1S/C14H16BrN5S/c15-11-6-16-20(7-11)12-1-3-19(8-12)14-5-10-9-21-4-2-13(10)17-18-14/h5-7,12H,1-4,8-9H2. The van der Waals surface area contributed by atoms with Gasteiger partial charge < -0.3 is 4.90 Å². The topological polar surface area (TPSA) is 46.8 Å². The lowest BCUT2D eigenvalue weighted by molar-refractivity contribution is 0.494. The van der Waals surface area contributed by atoms with Crippen molar-refractivity contribution in [3.8, 4) is 0 Å². The zero-order chi connectivity index (χ0) is 14.2. The molecular formula is C14H16BrN5S. The van der Waals surface area contributed by atoms with Crippen molar-refractivity contribution >= 4 is 33.5 Å². The van der Waals surface area contributed by atoms with Crippen molar-refractivity contribution in [2.45, 2.75) is 24.6 Å². The Morgan fingerprint density at radius 2 is 2.29 bits per heavy atom. The minimum atomic E-state index is 0.420. The lowest BCUT2D eigenvalue weighted by Crippen LogP contribution is -2.23. The van der Waals surface area contributed by atoms with Crippen LogP contribution in [0.3, 0.4) is 0 Å². The molecule has 0 saturated carbocycles. The van der Waals surface area contributed by atoms with Gasteiger partial charge in [0.2, 0.25) is 0 Å². The molecule has 0 bridgehead atoms. The Kier molecular flexibility index (Phi) is 3.62. The summed E-state index contributed by atoms with van der Waals surface area (Å²) in [5, 5.41) is 13.3. The van der Waals surface area contributed by atoms with Gasteiger partial charge in [0.05, 0.1) is 22.4 Å². The maximum absolute atomic E-state index is 4.44. The molecule has 4 heterocycles. The highest BCUT2D eigenvalue weighted by atomic mass is 79.9. The van der Waals surface area contributed by atoms with Crippen LogP contribution in [0.4, 0.5) is 5.82 Å². The molecule has 1 atom stereocenters. The summed E-state index contributed by atoms with van der Waals surface area (Å²) in [4.78, 5) is 2.33. The molecule has 7 heteroatoms. The number of aryl methyl sites for hydroxylation is 1. The monoisotopic (exact) mass is 365 g/mol. The van der Waals surface area contributed by atoms with Gasteiger partial charge in [0, 0.05) is 31.5 Å². The Morgan fingerprint density at radius 1 is 1.33 bits per heavy atom. The molecule has 0 amide bonds. The highest BCUT2D eigenvalue weighted by molar-refractivity contribution is 9.10. The smallest absolute Gasteiger partial charge is 0.151 e. The average molecular weight is 366 g/mol. The van der Waals surface area contributed by atoms with Gasteiger partial charge in [0.15, 0.2) is 5.82 Å². The second-order valence-corrected chi connectivity index (χ2v) is 7.52. The Morgan fingerprint density at radius 3 is 3.14 bits per heavy atom. The van der Waals surface area contributed by atoms with Crippen molar-refractivity contribution < 1.29 is 0 Å². The van der Waals surface area contributed by atoms with E-state index in [2.05, 4.69) is 42.2 Å². The predicted molar refractivity (Wildman–Crippen MR) is 87.7 cm³/mol. The summed E-state index contributed by atoms with van der Waals surface area (Å²) in [6.07, 6.45) is 6.04. The normalized spacial score (nSPS) is 21.6. The van der Waals surface area contributed by atoms with E-state index in [1.54, 1.807) is 0 Å². The number of rotatable bonds is 2. The third kappa shape index (κ3) is 2.68. The minimum absolute atomic E-state index is 0.420. The van der Waals surface area contributed by atoms with Gasteiger partial charge in [0.1, 0.15) is 0 Å². The van der Waals surface area contributed by atoms with Crippen LogP contribution in [-0.4, -0.2) is 38.8 Å². The molecule has 21 heavy (non-hydrogen) atoms. The zero-order valence-corrected chi connectivity index (χ0v) is 14.0. The average Bonchev–Trinajstić information content (AvgIpc) is 3.15. The molecule has 110 valence electrons. The molecule has 1 fully saturated rings. The fraction of sp³-hybridized carbons (Fsp3) is 0.500. The number of nitrogens with zero attached hydrogens (tertiary/aromatic N) is 5. The third-order valence-electron chi connectivity index (χ3n) is 4.12. The van der Waals surface area contributed by atoms with Crippen molar-refractivity contribution in [1.82, 2.24) is 20.0 Å². The summed E-state index contributed by atoms with van der Waals surface area (Å²) >= 11 is 5.44. The Balaban J connectivity index is 1.52. The molecule has 2 aromatic rings. The molecule has 1 unspecified atom stereocenters. The first-order chi connectivity index (χ1) is 10.3. The van der Waals surface area contributed by atoms with Crippen LogP contribution in [0.2, 0.25) is 0 Å². The third-order valence-corrected chi connectivity index (χ3v) is 5.54. The van der Waals surface area contributed by atoms with Crippen molar-refractivity contribution in [1.29, 1.82) is 0 Å². The molecule has 4 rings (SSSR count). The first-order valence-corrected chi connectivity index (χ1v) is 9.12. The highest BCUT2D eigenvalue weighted by Crippen LogP contribution is 2.29. The number of hydrogen-bond donors (Lipinski definition) is 0. The fourth-order valence-electron chi connectivity index (χ4n) is 2.97. The lowest BCUT2D eigenvalue weighted by Gasteiger charge is -2.20. The molecule has 0 radical (unpaired) electrons. The number of hydrogen-bond acceptors (Lipinski definition) is 5. The summed E-state index contributed by atoms with van der Waals surface area (Å²) in [5.41, 5.74) is 2.55. The fourth-order valence-corrected chi connectivity index (χ4v) is 4.22. The molecule has 2 aromatic heterocycles. The summed E-state index contributed by atoms with van der Waals surface area (Å²) in [5.74, 6) is 3.26. The van der Waals surface area contributed by atoms with Crippen LogP contribution < -0.4 is 4.90 Å². The van der Waals surface area contributed by atoms with Crippen LogP contribution in [0.15, 0.2) is 22.9 Å². The molecule has 0 aliphatic carbocycles. The van der Waals surface area contributed by atoms with Gasteiger partial charge in [-0.2, -0.15) is 22.0 Å². The molecule has 5 nitrogen and oxygen atoms in total. The number of halogens is 1. The van der Waals surface area contributed by atoms with E-state index in [1.807, 2.05) is 28.8 Å². The SMILES string of the molecule is Brc1cnn(C2CCN(c3cc4c(nn3)CCSC4)C2)c1. The van der Waals surface area contributed by atoms with Crippen molar-refractivity contribution in [3.05, 3.63) is 34.2 Å². The summed E-state index contributed by atoms with van der Waals surface area (Å²) in [6, 6.07) is 2.65. The maximum atomic E-state index is 4.44. The number of thioether (sulfide) groups is 1. The molecule has 2 aliphatic heterocycles. The maximum Gasteiger partial charge on any atom is 0.151 e. The quantitative estimate of drug-likeness (QED) is 0.818. The van der Waals surface area contributed by atoms with Crippen molar-refractivity contribution in [2.75, 3.05) is 23.7 Å². The Bertz CT molecular complexity index is 659. The van der Waals surface area contributed by atoms with Crippen LogP contribution in [0.25, 0.3) is 0 Å². The zero-order valence-electron chi connectivity index (χ0n) is 11.6. The van der Waals surface area contributed by atoms with E-state index in [-0.39, 0.29) is 0 Å². The second kappa shape index (κ2) is 5.61. The summed E-state index contributed by atoms with van der Waals surface area (Å²) in [7, 11) is 0. The summed E-state index contributed by atoms with van der Waals surface area (Å²) < 4.78 is 3.08. The molecule has 2 aliphatic rings. The van der Waals surface area contributed by atoms with Gasteiger partial charge in [-0.1, -0.05) is 0 Å². The van der Waals surface area contributed by atoms with E-state index in [9.17, 15) is 0 Å². The number of fused-ring (bicyclic) bond motifs is 1. The molecular weight excluding hydrogens is 350 g/mol. The van der Waals surface area contributed by atoms with Gasteiger partial charge in [-0.25, -0.2) is 0 Å². The lowest BCUT2D eigenvalue weighted by atomic mass is 10.2.